The van der Waals surface area contributed by atoms with Crippen molar-refractivity contribution >= 4 is 21.4 Å². The quantitative estimate of drug-likeness (QED) is 0.760. The van der Waals surface area contributed by atoms with Crippen molar-refractivity contribution in [1.82, 2.24) is 4.98 Å². The smallest absolute Gasteiger partial charge is 0.225 e. The Morgan fingerprint density at radius 2 is 2.19 bits per heavy atom. The fourth-order valence-corrected chi connectivity index (χ4v) is 2.74. The van der Waals surface area contributed by atoms with Crippen molar-refractivity contribution in [3.63, 3.8) is 0 Å². The van der Waals surface area contributed by atoms with Crippen LogP contribution >= 0.6 is 0 Å². The van der Waals surface area contributed by atoms with Crippen LogP contribution in [0.15, 0.2) is 17.2 Å². The second-order valence-corrected chi connectivity index (χ2v) is 5.35. The van der Waals surface area contributed by atoms with E-state index < -0.39 is 9.84 Å². The summed E-state index contributed by atoms with van der Waals surface area (Å²) >= 11 is 0. The van der Waals surface area contributed by atoms with E-state index in [2.05, 4.69) is 10.3 Å². The molecule has 0 atom stereocenters. The molecule has 7 heteroatoms. The second-order valence-electron chi connectivity index (χ2n) is 3.32. The first-order chi connectivity index (χ1) is 7.53. The number of rotatable bonds is 1. The van der Waals surface area contributed by atoms with Gasteiger partial charge in [-0.3, -0.25) is 4.79 Å². The van der Waals surface area contributed by atoms with Gasteiger partial charge >= 0.3 is 0 Å². The van der Waals surface area contributed by atoms with Crippen molar-refractivity contribution in [3.8, 4) is 5.88 Å². The van der Waals surface area contributed by atoms with Gasteiger partial charge in [0, 0.05) is 12.5 Å². The molecule has 1 aliphatic heterocycles. The molecule has 1 aromatic heterocycles. The number of sulfone groups is 1. The van der Waals surface area contributed by atoms with Gasteiger partial charge in [0.15, 0.2) is 14.9 Å². The first-order valence-electron chi connectivity index (χ1n) is 4.60. The van der Waals surface area contributed by atoms with Crippen molar-refractivity contribution in [2.75, 3.05) is 18.2 Å². The molecule has 1 aliphatic rings. The fraction of sp³-hybridized carbons (Fsp3) is 0.333. The summed E-state index contributed by atoms with van der Waals surface area (Å²) in [5.74, 6) is -0.348. The predicted molar refractivity (Wildman–Crippen MR) is 56.1 cm³/mol. The number of carbonyl (C=O) groups is 1. The Hall–Kier alpha value is -1.63. The summed E-state index contributed by atoms with van der Waals surface area (Å²) < 4.78 is 28.4. The minimum Gasteiger partial charge on any atom is -0.481 e. The number of nitrogens with one attached hydrogen (secondary N) is 1. The van der Waals surface area contributed by atoms with E-state index in [9.17, 15) is 13.2 Å². The number of nitrogens with zero attached hydrogens (tertiary/aromatic N) is 1. The van der Waals surface area contributed by atoms with Crippen LogP contribution in [-0.2, 0) is 14.6 Å². The molecule has 0 aromatic carbocycles. The van der Waals surface area contributed by atoms with E-state index in [4.69, 9.17) is 4.74 Å². The number of anilines is 1. The molecular weight excluding hydrogens is 232 g/mol. The maximum absolute atomic E-state index is 11.8. The van der Waals surface area contributed by atoms with Gasteiger partial charge in [-0.05, 0) is 6.07 Å². The molecule has 6 nitrogen and oxygen atoms in total. The van der Waals surface area contributed by atoms with Gasteiger partial charge in [-0.1, -0.05) is 0 Å². The number of hydrogen-bond donors (Lipinski definition) is 1. The maximum atomic E-state index is 11.8. The van der Waals surface area contributed by atoms with Gasteiger partial charge in [-0.2, -0.15) is 4.98 Å². The first-order valence-corrected chi connectivity index (χ1v) is 6.26. The van der Waals surface area contributed by atoms with Crippen molar-refractivity contribution < 1.29 is 17.9 Å². The summed E-state index contributed by atoms with van der Waals surface area (Å²) in [5, 5.41) is 2.37. The highest BCUT2D eigenvalue weighted by molar-refractivity contribution is 7.91. The third kappa shape index (κ3) is 1.85. The van der Waals surface area contributed by atoms with Gasteiger partial charge in [-0.15, -0.1) is 0 Å². The summed E-state index contributed by atoms with van der Waals surface area (Å²) in [4.78, 5) is 15.1. The maximum Gasteiger partial charge on any atom is 0.225 e. The average molecular weight is 242 g/mol. The monoisotopic (exact) mass is 242 g/mol. The molecule has 1 aromatic rings. The van der Waals surface area contributed by atoms with Crippen LogP contribution in [0.4, 0.5) is 5.69 Å². The molecule has 2 rings (SSSR count). The second kappa shape index (κ2) is 3.75. The topological polar surface area (TPSA) is 85.4 Å². The molecule has 2 heterocycles. The molecule has 0 saturated carbocycles. The summed E-state index contributed by atoms with van der Waals surface area (Å²) in [6, 6.07) is 2.97. The zero-order valence-corrected chi connectivity index (χ0v) is 9.37. The number of ether oxygens (including phenoxy) is 1. The Kier molecular flexibility index (Phi) is 2.55. The Labute approximate surface area is 92.6 Å². The molecular formula is C9H10N2O4S. The highest BCUT2D eigenvalue weighted by Crippen LogP contribution is 2.26. The number of hydrogen-bond acceptors (Lipinski definition) is 5. The van der Waals surface area contributed by atoms with Crippen LogP contribution in [0.5, 0.6) is 5.88 Å². The molecule has 0 saturated heterocycles. The molecule has 0 bridgehead atoms. The lowest BCUT2D eigenvalue weighted by atomic mass is 10.4. The highest BCUT2D eigenvalue weighted by atomic mass is 32.2. The van der Waals surface area contributed by atoms with Crippen molar-refractivity contribution in [2.45, 2.75) is 11.4 Å². The highest BCUT2D eigenvalue weighted by Gasteiger charge is 2.27. The molecule has 0 radical (unpaired) electrons. The van der Waals surface area contributed by atoms with Crippen LogP contribution in [0, 0.1) is 0 Å². The summed E-state index contributed by atoms with van der Waals surface area (Å²) in [6.45, 7) is 0. The largest absolute Gasteiger partial charge is 0.481 e. The summed E-state index contributed by atoms with van der Waals surface area (Å²) in [5.41, 5.74) is 0.211. The van der Waals surface area contributed by atoms with Crippen LogP contribution in [0.3, 0.4) is 0 Å². The average Bonchev–Trinajstić information content (AvgIpc) is 2.37. The molecule has 86 valence electrons. The Bertz CT molecular complexity index is 538. The number of methoxy groups -OCH3 is 1. The third-order valence-electron chi connectivity index (χ3n) is 2.21. The van der Waals surface area contributed by atoms with E-state index in [0.29, 0.717) is 0 Å². The number of fused-ring (bicyclic) bond motifs is 1. The van der Waals surface area contributed by atoms with E-state index >= 15 is 0 Å². The minimum absolute atomic E-state index is 0.0546. The summed E-state index contributed by atoms with van der Waals surface area (Å²) in [7, 11) is -2.12. The van der Waals surface area contributed by atoms with Gasteiger partial charge in [-0.25, -0.2) is 8.42 Å². The zero-order valence-electron chi connectivity index (χ0n) is 8.56. The number of aromatic nitrogens is 1. The van der Waals surface area contributed by atoms with Gasteiger partial charge in [0.1, 0.15) is 0 Å². The van der Waals surface area contributed by atoms with Crippen LogP contribution in [0.1, 0.15) is 6.42 Å². The molecule has 1 N–H and O–H groups in total. The third-order valence-corrected chi connectivity index (χ3v) is 3.85. The number of amides is 1. The first kappa shape index (κ1) is 10.9. The van der Waals surface area contributed by atoms with E-state index in [1.165, 1.54) is 19.2 Å². The SMILES string of the molecule is COc1ccc2c(n1)S(=O)(=O)CCC(=O)N2. The standard InChI is InChI=1S/C9H10N2O4S/c1-15-8-3-2-6-9(11-8)16(13,14)5-4-7(12)10-6/h2-3H,4-5H2,1H3,(H,10,12). The van der Waals surface area contributed by atoms with E-state index in [0.717, 1.165) is 0 Å². The van der Waals surface area contributed by atoms with Gasteiger partial charge < -0.3 is 10.1 Å². The van der Waals surface area contributed by atoms with Crippen molar-refractivity contribution in [1.29, 1.82) is 0 Å². The van der Waals surface area contributed by atoms with E-state index in [1.54, 1.807) is 0 Å². The zero-order chi connectivity index (χ0) is 11.8. The molecule has 0 spiro atoms. The van der Waals surface area contributed by atoms with Crippen LogP contribution < -0.4 is 10.1 Å². The Morgan fingerprint density at radius 1 is 1.44 bits per heavy atom. The molecule has 1 amide bonds. The van der Waals surface area contributed by atoms with E-state index in [-0.39, 0.29) is 34.7 Å². The van der Waals surface area contributed by atoms with Crippen molar-refractivity contribution in [2.24, 2.45) is 0 Å². The van der Waals surface area contributed by atoms with Gasteiger partial charge in [0.25, 0.3) is 0 Å². The molecule has 16 heavy (non-hydrogen) atoms. The van der Waals surface area contributed by atoms with E-state index in [1.807, 2.05) is 0 Å². The lowest BCUT2D eigenvalue weighted by Crippen LogP contribution is -2.10. The van der Waals surface area contributed by atoms with Crippen LogP contribution in [0.25, 0.3) is 0 Å². The molecule has 0 fully saturated rings. The van der Waals surface area contributed by atoms with Gasteiger partial charge in [0.05, 0.1) is 18.6 Å². The molecule has 0 unspecified atom stereocenters. The normalized spacial score (nSPS) is 18.2. The summed E-state index contributed by atoms with van der Waals surface area (Å²) in [6.07, 6.45) is -0.0546. The molecule has 0 aliphatic carbocycles. The lowest BCUT2D eigenvalue weighted by molar-refractivity contribution is -0.115. The number of carbonyl (C=O) groups excluding carboxylic acids is 1. The fourth-order valence-electron chi connectivity index (χ4n) is 1.41. The van der Waals surface area contributed by atoms with Crippen LogP contribution in [0.2, 0.25) is 0 Å². The predicted octanol–water partition coefficient (Wildman–Crippen LogP) is 0.206. The minimum atomic E-state index is -3.52. The lowest BCUT2D eigenvalue weighted by Gasteiger charge is -2.06. The Balaban J connectivity index is 2.62. The van der Waals surface area contributed by atoms with Gasteiger partial charge in [0.2, 0.25) is 11.8 Å². The van der Waals surface area contributed by atoms with Crippen molar-refractivity contribution in [3.05, 3.63) is 12.1 Å². The van der Waals surface area contributed by atoms with Crippen LogP contribution in [-0.4, -0.2) is 32.2 Å². The Morgan fingerprint density at radius 3 is 2.88 bits per heavy atom. The number of pyridine rings is 1.